The van der Waals surface area contributed by atoms with Crippen LogP contribution in [0.2, 0.25) is 0 Å². The number of carbonyl (C=O) groups is 1. The second kappa shape index (κ2) is 8.24. The molecule has 2 N–H and O–H groups in total. The number of carbonyl (C=O) groups excluding carboxylic acids is 1. The number of anilines is 1. The van der Waals surface area contributed by atoms with Gasteiger partial charge in [0.25, 0.3) is 0 Å². The molecule has 4 rings (SSSR count). The molecule has 0 amide bonds. The Balaban J connectivity index is 1.72. The minimum absolute atomic E-state index is 0.00994. The maximum absolute atomic E-state index is 14.1. The first-order valence-electron chi connectivity index (χ1n) is 9.39. The van der Waals surface area contributed by atoms with Gasteiger partial charge in [-0.2, -0.15) is 5.10 Å². The van der Waals surface area contributed by atoms with E-state index in [2.05, 4.69) is 20.1 Å². The third-order valence-electron chi connectivity index (χ3n) is 4.53. The quantitative estimate of drug-likeness (QED) is 0.490. The smallest absolute Gasteiger partial charge is 0.310 e. The number of nitrogens with two attached hydrogens (primary N) is 1. The Labute approximate surface area is 171 Å². The Hall–Kier alpha value is -3.88. The number of halogens is 1. The van der Waals surface area contributed by atoms with Gasteiger partial charge in [0, 0.05) is 23.5 Å². The highest BCUT2D eigenvalue weighted by Gasteiger charge is 2.18. The molecular weight excluding hydrogens is 387 g/mol. The molecule has 0 spiro atoms. The summed E-state index contributed by atoms with van der Waals surface area (Å²) in [4.78, 5) is 24.8. The molecule has 3 heterocycles. The zero-order chi connectivity index (χ0) is 21.1. The fraction of sp³-hybridized carbons (Fsp3) is 0.190. The maximum Gasteiger partial charge on any atom is 0.310 e. The highest BCUT2D eigenvalue weighted by molar-refractivity contribution is 5.89. The fourth-order valence-corrected chi connectivity index (χ4v) is 3.11. The van der Waals surface area contributed by atoms with Crippen LogP contribution in [0.15, 0.2) is 48.8 Å². The summed E-state index contributed by atoms with van der Waals surface area (Å²) in [6, 6.07) is 10.1. The summed E-state index contributed by atoms with van der Waals surface area (Å²) in [6.45, 7) is 2.23. The lowest BCUT2D eigenvalue weighted by molar-refractivity contribution is -0.142. The predicted octanol–water partition coefficient (Wildman–Crippen LogP) is 2.76. The van der Waals surface area contributed by atoms with E-state index in [-0.39, 0.29) is 31.2 Å². The van der Waals surface area contributed by atoms with Crippen molar-refractivity contribution in [3.8, 4) is 11.5 Å². The molecule has 3 aromatic heterocycles. The molecule has 0 aliphatic rings. The lowest BCUT2D eigenvalue weighted by Crippen LogP contribution is -2.11. The molecule has 8 nitrogen and oxygen atoms in total. The number of rotatable bonds is 6. The zero-order valence-corrected chi connectivity index (χ0v) is 16.2. The molecule has 0 radical (unpaired) electrons. The van der Waals surface area contributed by atoms with Crippen molar-refractivity contribution in [2.45, 2.75) is 19.9 Å². The topological polar surface area (TPSA) is 109 Å². The van der Waals surface area contributed by atoms with E-state index in [4.69, 9.17) is 10.5 Å². The molecule has 30 heavy (non-hydrogen) atoms. The zero-order valence-electron chi connectivity index (χ0n) is 16.2. The molecule has 0 unspecified atom stereocenters. The number of esters is 1. The van der Waals surface area contributed by atoms with Gasteiger partial charge in [0.2, 0.25) is 0 Å². The number of hydrogen-bond donors (Lipinski definition) is 1. The van der Waals surface area contributed by atoms with Gasteiger partial charge in [-0.1, -0.05) is 18.2 Å². The van der Waals surface area contributed by atoms with E-state index in [1.807, 2.05) is 6.07 Å². The number of hydrogen-bond acceptors (Lipinski definition) is 7. The Morgan fingerprint density at radius 2 is 2.00 bits per heavy atom. The lowest BCUT2D eigenvalue weighted by atomic mass is 10.2. The molecule has 0 atom stereocenters. The van der Waals surface area contributed by atoms with Crippen molar-refractivity contribution in [2.75, 3.05) is 12.3 Å². The number of fused-ring (bicyclic) bond motifs is 1. The van der Waals surface area contributed by atoms with Gasteiger partial charge in [0.1, 0.15) is 17.3 Å². The van der Waals surface area contributed by atoms with Gasteiger partial charge < -0.3 is 10.5 Å². The first kappa shape index (κ1) is 19.4. The number of pyridine rings is 1. The summed E-state index contributed by atoms with van der Waals surface area (Å²) < 4.78 is 20.7. The van der Waals surface area contributed by atoms with Gasteiger partial charge in [0.05, 0.1) is 25.0 Å². The number of nitrogens with zero attached hydrogens (tertiary/aromatic N) is 5. The molecule has 152 valence electrons. The van der Waals surface area contributed by atoms with Crippen molar-refractivity contribution in [3.63, 3.8) is 0 Å². The van der Waals surface area contributed by atoms with Gasteiger partial charge in [-0.15, -0.1) is 0 Å². The monoisotopic (exact) mass is 406 g/mol. The molecule has 0 fully saturated rings. The van der Waals surface area contributed by atoms with E-state index in [9.17, 15) is 9.18 Å². The largest absolute Gasteiger partial charge is 0.466 e. The molecule has 0 saturated heterocycles. The summed E-state index contributed by atoms with van der Waals surface area (Å²) in [5, 5.41) is 5.29. The first-order chi connectivity index (χ1) is 14.6. The molecule has 0 bridgehead atoms. The van der Waals surface area contributed by atoms with Crippen molar-refractivity contribution in [1.82, 2.24) is 24.7 Å². The van der Waals surface area contributed by atoms with Crippen molar-refractivity contribution in [2.24, 2.45) is 0 Å². The Bertz CT molecular complexity index is 1220. The second-order valence-electron chi connectivity index (χ2n) is 6.56. The van der Waals surface area contributed by atoms with E-state index in [0.29, 0.717) is 33.7 Å². The summed E-state index contributed by atoms with van der Waals surface area (Å²) in [5.41, 5.74) is 8.06. The van der Waals surface area contributed by atoms with Crippen LogP contribution in [0.25, 0.3) is 22.6 Å². The van der Waals surface area contributed by atoms with Crippen LogP contribution in [0.3, 0.4) is 0 Å². The molecule has 4 aromatic rings. The molecule has 0 aliphatic carbocycles. The molecule has 1 aromatic carbocycles. The number of nitrogen functional groups attached to an aromatic ring is 1. The average Bonchev–Trinajstić information content (AvgIpc) is 3.10. The standard InChI is InChI=1S/C21H19FN6O2/c1-2-30-17(29)10-14-11-25-20(26-19(14)23)18-15-7-5-9-24-21(15)28(27-18)12-13-6-3-4-8-16(13)22/h3-9,11H,2,10,12H2,1H3,(H2,23,25,26). The number of aromatic nitrogens is 5. The third-order valence-corrected chi connectivity index (χ3v) is 4.53. The fourth-order valence-electron chi connectivity index (χ4n) is 3.11. The van der Waals surface area contributed by atoms with Crippen molar-refractivity contribution >= 4 is 22.8 Å². The maximum atomic E-state index is 14.1. The highest BCUT2D eigenvalue weighted by Crippen LogP contribution is 2.26. The Kier molecular flexibility index (Phi) is 5.34. The molecule has 0 aliphatic heterocycles. The molecular formula is C21H19FN6O2. The van der Waals surface area contributed by atoms with Gasteiger partial charge in [-0.05, 0) is 25.1 Å². The van der Waals surface area contributed by atoms with Crippen molar-refractivity contribution in [1.29, 1.82) is 0 Å². The molecule has 0 saturated carbocycles. The van der Waals surface area contributed by atoms with E-state index in [1.54, 1.807) is 42.1 Å². The summed E-state index contributed by atoms with van der Waals surface area (Å²) in [7, 11) is 0. The van der Waals surface area contributed by atoms with Gasteiger partial charge >= 0.3 is 5.97 Å². The van der Waals surface area contributed by atoms with Crippen molar-refractivity contribution < 1.29 is 13.9 Å². The predicted molar refractivity (Wildman–Crippen MR) is 109 cm³/mol. The van der Waals surface area contributed by atoms with Crippen LogP contribution in [0.1, 0.15) is 18.1 Å². The minimum Gasteiger partial charge on any atom is -0.466 e. The van der Waals surface area contributed by atoms with Crippen LogP contribution in [0, 0.1) is 5.82 Å². The van der Waals surface area contributed by atoms with Crippen LogP contribution < -0.4 is 5.73 Å². The Morgan fingerprint density at radius 3 is 2.77 bits per heavy atom. The van der Waals surface area contributed by atoms with Crippen LogP contribution in [-0.4, -0.2) is 37.3 Å². The first-order valence-corrected chi connectivity index (χ1v) is 9.39. The van der Waals surface area contributed by atoms with E-state index >= 15 is 0 Å². The number of benzene rings is 1. The van der Waals surface area contributed by atoms with E-state index in [1.165, 1.54) is 12.3 Å². The molecule has 9 heteroatoms. The van der Waals surface area contributed by atoms with Crippen LogP contribution in [0.5, 0.6) is 0 Å². The van der Waals surface area contributed by atoms with Crippen LogP contribution >= 0.6 is 0 Å². The minimum atomic E-state index is -0.399. The second-order valence-corrected chi connectivity index (χ2v) is 6.56. The van der Waals surface area contributed by atoms with Crippen LogP contribution in [0.4, 0.5) is 10.2 Å². The van der Waals surface area contributed by atoms with E-state index in [0.717, 1.165) is 0 Å². The summed E-state index contributed by atoms with van der Waals surface area (Å²) in [5.74, 6) is -0.244. The Morgan fingerprint density at radius 1 is 1.17 bits per heavy atom. The van der Waals surface area contributed by atoms with Crippen LogP contribution in [-0.2, 0) is 22.5 Å². The SMILES string of the molecule is CCOC(=O)Cc1cnc(-c2nn(Cc3ccccc3F)c3ncccc23)nc1N. The summed E-state index contributed by atoms with van der Waals surface area (Å²) in [6.07, 6.45) is 3.12. The lowest BCUT2D eigenvalue weighted by Gasteiger charge is -2.06. The number of ether oxygens (including phenoxy) is 1. The van der Waals surface area contributed by atoms with E-state index < -0.39 is 5.97 Å². The summed E-state index contributed by atoms with van der Waals surface area (Å²) >= 11 is 0. The third kappa shape index (κ3) is 3.82. The van der Waals surface area contributed by atoms with Gasteiger partial charge in [-0.3, -0.25) is 4.79 Å². The highest BCUT2D eigenvalue weighted by atomic mass is 19.1. The van der Waals surface area contributed by atoms with Gasteiger partial charge in [0.15, 0.2) is 11.5 Å². The normalized spacial score (nSPS) is 11.0. The average molecular weight is 406 g/mol. The van der Waals surface area contributed by atoms with Gasteiger partial charge in [-0.25, -0.2) is 24.0 Å². The van der Waals surface area contributed by atoms with Crippen molar-refractivity contribution in [3.05, 3.63) is 65.7 Å².